The van der Waals surface area contributed by atoms with Crippen LogP contribution in [-0.4, -0.2) is 24.1 Å². The molecule has 0 saturated carbocycles. The van der Waals surface area contributed by atoms with Gasteiger partial charge in [-0.05, 0) is 82.1 Å². The van der Waals surface area contributed by atoms with Crippen LogP contribution in [0.4, 0.5) is 0 Å². The molecule has 0 aliphatic heterocycles. The summed E-state index contributed by atoms with van der Waals surface area (Å²) in [6.45, 7) is 0. The first kappa shape index (κ1) is 31.9. The van der Waals surface area contributed by atoms with Crippen LogP contribution in [0.3, 0.4) is 0 Å². The number of thiophene rings is 1. The van der Waals surface area contributed by atoms with E-state index in [1.54, 1.807) is 11.3 Å². The molecule has 5 heterocycles. The molecule has 5 aromatic heterocycles. The van der Waals surface area contributed by atoms with E-state index in [2.05, 4.69) is 190 Å². The quantitative estimate of drug-likeness (QED) is 0.176. The van der Waals surface area contributed by atoms with Gasteiger partial charge < -0.3 is 4.57 Å². The van der Waals surface area contributed by atoms with E-state index in [4.69, 9.17) is 9.97 Å². The molecule has 12 aromatic rings. The van der Waals surface area contributed by atoms with Gasteiger partial charge in [0.1, 0.15) is 0 Å². The number of hydrogen-bond donors (Lipinski definition) is 0. The van der Waals surface area contributed by atoms with Crippen LogP contribution in [0, 0.1) is 0 Å². The van der Waals surface area contributed by atoms with E-state index >= 15 is 0 Å². The first-order chi connectivity index (χ1) is 28.2. The Balaban J connectivity index is 1.11. The number of fused-ring (bicyclic) bond motifs is 8. The average molecular weight is 746 g/mol. The molecule has 0 aliphatic carbocycles. The molecule has 0 aliphatic rings. The van der Waals surface area contributed by atoms with Crippen molar-refractivity contribution in [2.75, 3.05) is 0 Å². The molecule has 0 atom stereocenters. The van der Waals surface area contributed by atoms with E-state index in [1.165, 1.54) is 37.5 Å². The Morgan fingerprint density at radius 1 is 0.404 bits per heavy atom. The van der Waals surface area contributed by atoms with Crippen molar-refractivity contribution in [2.24, 2.45) is 0 Å². The molecule has 7 aromatic carbocycles. The summed E-state index contributed by atoms with van der Waals surface area (Å²) in [7, 11) is 0. The zero-order valence-corrected chi connectivity index (χ0v) is 31.4. The molecule has 0 bridgehead atoms. The molecule has 12 rings (SSSR count). The Morgan fingerprint density at radius 3 is 1.86 bits per heavy atom. The van der Waals surface area contributed by atoms with E-state index in [-0.39, 0.29) is 0 Å². The summed E-state index contributed by atoms with van der Waals surface area (Å²) >= 11 is 1.75. The topological polar surface area (TPSA) is 48.5 Å². The fraction of sp³-hybridized carbons (Fsp3) is 0. The van der Waals surface area contributed by atoms with Crippen molar-refractivity contribution in [3.63, 3.8) is 0 Å². The maximum Gasteiger partial charge on any atom is 0.235 e. The lowest BCUT2D eigenvalue weighted by molar-refractivity contribution is 1.02. The third kappa shape index (κ3) is 5.04. The third-order valence-corrected chi connectivity index (χ3v) is 12.4. The fourth-order valence-corrected chi connectivity index (χ4v) is 9.69. The predicted octanol–water partition coefficient (Wildman–Crippen LogP) is 13.4. The van der Waals surface area contributed by atoms with Crippen molar-refractivity contribution in [1.82, 2.24) is 24.1 Å². The second-order valence-electron chi connectivity index (χ2n) is 14.5. The van der Waals surface area contributed by atoms with Crippen LogP contribution in [0.2, 0.25) is 0 Å². The Hall–Kier alpha value is -7.41. The van der Waals surface area contributed by atoms with Crippen molar-refractivity contribution in [3.05, 3.63) is 188 Å². The molecular formula is C51H31N5S. The van der Waals surface area contributed by atoms with Crippen LogP contribution in [0.15, 0.2) is 188 Å². The summed E-state index contributed by atoms with van der Waals surface area (Å²) in [4.78, 5) is 16.3. The molecule has 266 valence electrons. The Morgan fingerprint density at radius 2 is 1.04 bits per heavy atom. The number of rotatable bonds is 5. The zero-order valence-electron chi connectivity index (χ0n) is 30.5. The van der Waals surface area contributed by atoms with Gasteiger partial charge in [-0.2, -0.15) is 0 Å². The smallest absolute Gasteiger partial charge is 0.235 e. The summed E-state index contributed by atoms with van der Waals surface area (Å²) in [5, 5.41) is 7.15. The van der Waals surface area contributed by atoms with Gasteiger partial charge in [-0.1, -0.05) is 121 Å². The number of aromatic nitrogens is 5. The fourth-order valence-electron chi connectivity index (χ4n) is 8.58. The van der Waals surface area contributed by atoms with Gasteiger partial charge in [0.2, 0.25) is 5.95 Å². The van der Waals surface area contributed by atoms with Crippen molar-refractivity contribution in [1.29, 1.82) is 0 Å². The molecule has 0 unspecified atom stereocenters. The van der Waals surface area contributed by atoms with E-state index < -0.39 is 0 Å². The summed E-state index contributed by atoms with van der Waals surface area (Å²) in [5.74, 6) is 0.657. The molecular weight excluding hydrogens is 715 g/mol. The molecule has 0 saturated heterocycles. The Kier molecular flexibility index (Phi) is 7.03. The second kappa shape index (κ2) is 12.6. The standard InChI is InChI=1S/C51H31N5S/c1-3-11-32(12-4-1)48-31-43-50(57-48)49(33-13-5-2-6-14-33)54-51(53-43)56-45-22-20-36(28-41(45)42-27-34-15-7-8-16-35(34)29-47(42)56)37-19-21-40-39-17-9-10-18-44(39)55(46(40)30-37)38-23-25-52-26-24-38/h1-31H. The predicted molar refractivity (Wildman–Crippen MR) is 238 cm³/mol. The average Bonchev–Trinajstić information content (AvgIpc) is 3.96. The van der Waals surface area contributed by atoms with Crippen molar-refractivity contribution in [2.45, 2.75) is 0 Å². The van der Waals surface area contributed by atoms with Crippen molar-refractivity contribution < 1.29 is 0 Å². The number of pyridine rings is 1. The number of nitrogens with zero attached hydrogens (tertiary/aromatic N) is 5. The lowest BCUT2D eigenvalue weighted by atomic mass is 10.0. The summed E-state index contributed by atoms with van der Waals surface area (Å²) < 4.78 is 5.69. The minimum absolute atomic E-state index is 0.657. The highest BCUT2D eigenvalue weighted by Crippen LogP contribution is 2.42. The van der Waals surface area contributed by atoms with Crippen LogP contribution >= 0.6 is 11.3 Å². The first-order valence-corrected chi connectivity index (χ1v) is 19.9. The van der Waals surface area contributed by atoms with Crippen LogP contribution < -0.4 is 0 Å². The van der Waals surface area contributed by atoms with Crippen LogP contribution in [0.1, 0.15) is 0 Å². The zero-order chi connectivity index (χ0) is 37.5. The summed E-state index contributed by atoms with van der Waals surface area (Å²) in [6, 6.07) is 63.0. The maximum absolute atomic E-state index is 5.43. The van der Waals surface area contributed by atoms with Gasteiger partial charge in [-0.25, -0.2) is 9.97 Å². The second-order valence-corrected chi connectivity index (χ2v) is 15.6. The number of benzene rings is 7. The van der Waals surface area contributed by atoms with E-state index in [1.807, 2.05) is 12.4 Å². The van der Waals surface area contributed by atoms with E-state index in [0.717, 1.165) is 65.6 Å². The normalized spacial score (nSPS) is 11.9. The molecule has 0 fully saturated rings. The number of para-hydroxylation sites is 1. The molecule has 0 radical (unpaired) electrons. The highest BCUT2D eigenvalue weighted by molar-refractivity contribution is 7.22. The maximum atomic E-state index is 5.43. The van der Waals surface area contributed by atoms with Crippen molar-refractivity contribution in [3.8, 4) is 44.5 Å². The molecule has 6 heteroatoms. The highest BCUT2D eigenvalue weighted by Gasteiger charge is 2.21. The van der Waals surface area contributed by atoms with Crippen LogP contribution in [-0.2, 0) is 0 Å². The molecule has 0 spiro atoms. The minimum Gasteiger partial charge on any atom is -0.309 e. The first-order valence-electron chi connectivity index (χ1n) is 19.1. The van der Waals surface area contributed by atoms with Crippen molar-refractivity contribution >= 4 is 75.9 Å². The van der Waals surface area contributed by atoms with E-state index in [0.29, 0.717) is 5.95 Å². The largest absolute Gasteiger partial charge is 0.309 e. The van der Waals surface area contributed by atoms with Gasteiger partial charge in [-0.15, -0.1) is 11.3 Å². The van der Waals surface area contributed by atoms with E-state index in [9.17, 15) is 0 Å². The lowest BCUT2D eigenvalue weighted by Crippen LogP contribution is -2.02. The van der Waals surface area contributed by atoms with Crippen LogP contribution in [0.5, 0.6) is 0 Å². The van der Waals surface area contributed by atoms with Gasteiger partial charge in [0.25, 0.3) is 0 Å². The van der Waals surface area contributed by atoms with Gasteiger partial charge in [0.05, 0.1) is 38.0 Å². The molecule has 5 nitrogen and oxygen atoms in total. The van der Waals surface area contributed by atoms with Gasteiger partial charge >= 0.3 is 0 Å². The number of hydrogen-bond acceptors (Lipinski definition) is 4. The van der Waals surface area contributed by atoms with Crippen LogP contribution in [0.25, 0.3) is 109 Å². The lowest BCUT2D eigenvalue weighted by Gasteiger charge is -2.11. The monoisotopic (exact) mass is 745 g/mol. The van der Waals surface area contributed by atoms with Gasteiger partial charge in [-0.3, -0.25) is 9.55 Å². The third-order valence-electron chi connectivity index (χ3n) is 11.2. The summed E-state index contributed by atoms with van der Waals surface area (Å²) in [5.41, 5.74) is 12.0. The SMILES string of the molecule is c1ccc(-c2cc3nc(-n4c5ccc(-c6ccc7c8ccccc8n(-c8ccncc8)c7c6)cc5c5cc6ccccc6cc54)nc(-c4ccccc4)c3s2)cc1. The molecule has 0 amide bonds. The molecule has 57 heavy (non-hydrogen) atoms. The summed E-state index contributed by atoms with van der Waals surface area (Å²) in [6.07, 6.45) is 3.72. The molecule has 0 N–H and O–H groups in total. The van der Waals surface area contributed by atoms with Gasteiger partial charge in [0, 0.05) is 50.1 Å². The highest BCUT2D eigenvalue weighted by atomic mass is 32.1. The Labute approximate surface area is 331 Å². The minimum atomic E-state index is 0.657. The van der Waals surface area contributed by atoms with Gasteiger partial charge in [0.15, 0.2) is 0 Å². The Bertz CT molecular complexity index is 3510.